The molecule has 1 fully saturated rings. The van der Waals surface area contributed by atoms with E-state index in [4.69, 9.17) is 0 Å². The van der Waals surface area contributed by atoms with Crippen molar-refractivity contribution in [2.24, 2.45) is 0 Å². The van der Waals surface area contributed by atoms with Gasteiger partial charge >= 0.3 is 0 Å². The zero-order valence-electron chi connectivity index (χ0n) is 12.1. The fraction of sp³-hybridized carbons (Fsp3) is 0.375. The van der Waals surface area contributed by atoms with Crippen LogP contribution in [0.4, 0.5) is 0 Å². The van der Waals surface area contributed by atoms with Crippen LogP contribution in [-0.4, -0.2) is 30.0 Å². The third-order valence-electron chi connectivity index (χ3n) is 3.62. The molecule has 1 unspecified atom stereocenters. The number of aryl methyl sites for hydroxylation is 1. The second-order valence-electron chi connectivity index (χ2n) is 5.29. The number of rotatable bonds is 3. The highest BCUT2D eigenvalue weighted by molar-refractivity contribution is 7.14. The van der Waals surface area contributed by atoms with Crippen LogP contribution in [0.2, 0.25) is 0 Å². The molecule has 1 aliphatic rings. The first-order valence-corrected chi connectivity index (χ1v) is 8.10. The Morgan fingerprint density at radius 2 is 2.19 bits per heavy atom. The van der Waals surface area contributed by atoms with E-state index in [-0.39, 0.29) is 11.9 Å². The molecule has 3 rings (SSSR count). The number of carbonyl (C=O) groups excluding carboxylic acids is 1. The highest BCUT2D eigenvalue weighted by Crippen LogP contribution is 2.28. The van der Waals surface area contributed by atoms with Gasteiger partial charge in [-0.15, -0.1) is 11.3 Å². The van der Waals surface area contributed by atoms with Crippen molar-refractivity contribution in [1.29, 1.82) is 0 Å². The van der Waals surface area contributed by atoms with Gasteiger partial charge in [-0.1, -0.05) is 30.3 Å². The third-order valence-corrected chi connectivity index (χ3v) is 4.59. The van der Waals surface area contributed by atoms with E-state index in [1.165, 1.54) is 11.3 Å². The molecule has 0 aliphatic carbocycles. The Morgan fingerprint density at radius 3 is 2.90 bits per heavy atom. The lowest BCUT2D eigenvalue weighted by molar-refractivity contribution is 0.0935. The lowest BCUT2D eigenvalue weighted by atomic mass is 10.1. The summed E-state index contributed by atoms with van der Waals surface area (Å²) in [4.78, 5) is 17.8. The Labute approximate surface area is 128 Å². The average Bonchev–Trinajstić information content (AvgIpc) is 2.91. The molecule has 1 aliphatic heterocycles. The predicted molar refractivity (Wildman–Crippen MR) is 85.6 cm³/mol. The van der Waals surface area contributed by atoms with Crippen LogP contribution in [0.25, 0.3) is 11.3 Å². The van der Waals surface area contributed by atoms with Gasteiger partial charge < -0.3 is 10.6 Å². The highest BCUT2D eigenvalue weighted by Gasteiger charge is 2.21. The summed E-state index contributed by atoms with van der Waals surface area (Å²) < 4.78 is 0. The van der Waals surface area contributed by atoms with E-state index in [2.05, 4.69) is 15.6 Å². The molecular weight excluding hydrogens is 282 g/mol. The van der Waals surface area contributed by atoms with Crippen molar-refractivity contribution >= 4 is 17.2 Å². The van der Waals surface area contributed by atoms with Gasteiger partial charge in [0, 0.05) is 18.2 Å². The van der Waals surface area contributed by atoms with Crippen LogP contribution in [0.1, 0.15) is 27.5 Å². The SMILES string of the molecule is Cc1nc(-c2ccccc2)c(C(=O)NC2CCCNC2)s1. The van der Waals surface area contributed by atoms with Crippen molar-refractivity contribution in [3.63, 3.8) is 0 Å². The topological polar surface area (TPSA) is 54.0 Å². The molecule has 0 bridgehead atoms. The molecule has 1 atom stereocenters. The quantitative estimate of drug-likeness (QED) is 0.916. The molecule has 0 spiro atoms. The number of amides is 1. The number of carbonyl (C=O) groups is 1. The summed E-state index contributed by atoms with van der Waals surface area (Å²) in [6.07, 6.45) is 2.15. The van der Waals surface area contributed by atoms with Crippen molar-refractivity contribution in [1.82, 2.24) is 15.6 Å². The van der Waals surface area contributed by atoms with Gasteiger partial charge in [-0.25, -0.2) is 4.98 Å². The second-order valence-corrected chi connectivity index (χ2v) is 6.50. The van der Waals surface area contributed by atoms with Gasteiger partial charge in [0.1, 0.15) is 4.88 Å². The van der Waals surface area contributed by atoms with Crippen LogP contribution >= 0.6 is 11.3 Å². The van der Waals surface area contributed by atoms with E-state index in [0.717, 1.165) is 42.2 Å². The fourth-order valence-corrected chi connectivity index (χ4v) is 3.44. The average molecular weight is 301 g/mol. The van der Waals surface area contributed by atoms with Gasteiger partial charge in [0.15, 0.2) is 0 Å². The molecule has 1 aromatic heterocycles. The number of hydrogen-bond acceptors (Lipinski definition) is 4. The van der Waals surface area contributed by atoms with E-state index in [1.807, 2.05) is 37.3 Å². The van der Waals surface area contributed by atoms with Gasteiger partial charge in [-0.2, -0.15) is 0 Å². The fourth-order valence-electron chi connectivity index (χ4n) is 2.60. The summed E-state index contributed by atoms with van der Waals surface area (Å²) in [6.45, 7) is 3.83. The van der Waals surface area contributed by atoms with Crippen molar-refractivity contribution in [2.75, 3.05) is 13.1 Å². The van der Waals surface area contributed by atoms with Crippen molar-refractivity contribution in [3.05, 3.63) is 40.2 Å². The third kappa shape index (κ3) is 3.31. The molecule has 21 heavy (non-hydrogen) atoms. The van der Waals surface area contributed by atoms with Crippen LogP contribution in [0.3, 0.4) is 0 Å². The molecule has 2 aromatic rings. The zero-order chi connectivity index (χ0) is 14.7. The molecule has 0 radical (unpaired) electrons. The molecule has 2 N–H and O–H groups in total. The molecule has 1 saturated heterocycles. The van der Waals surface area contributed by atoms with E-state index in [9.17, 15) is 4.79 Å². The molecular formula is C16H19N3OS. The minimum atomic E-state index is -0.00634. The number of benzene rings is 1. The van der Waals surface area contributed by atoms with E-state index >= 15 is 0 Å². The first-order chi connectivity index (χ1) is 10.2. The Bertz CT molecular complexity index is 618. The summed E-state index contributed by atoms with van der Waals surface area (Å²) >= 11 is 1.46. The van der Waals surface area contributed by atoms with E-state index in [0.29, 0.717) is 4.88 Å². The van der Waals surface area contributed by atoms with Gasteiger partial charge in [-0.3, -0.25) is 4.79 Å². The Hall–Kier alpha value is -1.72. The number of aromatic nitrogens is 1. The summed E-state index contributed by atoms with van der Waals surface area (Å²) in [7, 11) is 0. The van der Waals surface area contributed by atoms with Crippen LogP contribution in [0.15, 0.2) is 30.3 Å². The Morgan fingerprint density at radius 1 is 1.38 bits per heavy atom. The minimum Gasteiger partial charge on any atom is -0.347 e. The van der Waals surface area contributed by atoms with Crippen LogP contribution in [0, 0.1) is 6.92 Å². The van der Waals surface area contributed by atoms with E-state index < -0.39 is 0 Å². The van der Waals surface area contributed by atoms with Crippen LogP contribution < -0.4 is 10.6 Å². The molecule has 2 heterocycles. The van der Waals surface area contributed by atoms with Crippen LogP contribution in [0.5, 0.6) is 0 Å². The standard InChI is InChI=1S/C16H19N3OS/c1-11-18-14(12-6-3-2-4-7-12)15(21-11)16(20)19-13-8-5-9-17-10-13/h2-4,6-7,13,17H,5,8-10H2,1H3,(H,19,20). The Kier molecular flexibility index (Phi) is 4.31. The summed E-state index contributed by atoms with van der Waals surface area (Å²) in [6, 6.07) is 10.1. The molecule has 110 valence electrons. The number of nitrogens with zero attached hydrogens (tertiary/aromatic N) is 1. The van der Waals surface area contributed by atoms with Crippen molar-refractivity contribution in [3.8, 4) is 11.3 Å². The number of thiazole rings is 1. The maximum absolute atomic E-state index is 12.6. The van der Waals surface area contributed by atoms with Gasteiger partial charge in [0.05, 0.1) is 10.7 Å². The van der Waals surface area contributed by atoms with Gasteiger partial charge in [-0.05, 0) is 26.3 Å². The lowest BCUT2D eigenvalue weighted by Gasteiger charge is -2.23. The second kappa shape index (κ2) is 6.37. The van der Waals surface area contributed by atoms with Crippen LogP contribution in [-0.2, 0) is 0 Å². The number of hydrogen-bond donors (Lipinski definition) is 2. The predicted octanol–water partition coefficient (Wildman–Crippen LogP) is 2.60. The Balaban J connectivity index is 1.83. The molecule has 1 aromatic carbocycles. The molecule has 1 amide bonds. The van der Waals surface area contributed by atoms with Gasteiger partial charge in [0.2, 0.25) is 0 Å². The smallest absolute Gasteiger partial charge is 0.263 e. The molecule has 0 saturated carbocycles. The normalized spacial score (nSPS) is 18.4. The number of piperidine rings is 1. The first-order valence-electron chi connectivity index (χ1n) is 7.28. The molecule has 5 heteroatoms. The van der Waals surface area contributed by atoms with E-state index in [1.54, 1.807) is 0 Å². The van der Waals surface area contributed by atoms with Crippen molar-refractivity contribution in [2.45, 2.75) is 25.8 Å². The maximum atomic E-state index is 12.6. The largest absolute Gasteiger partial charge is 0.347 e. The minimum absolute atomic E-state index is 0.00634. The first kappa shape index (κ1) is 14.2. The highest BCUT2D eigenvalue weighted by atomic mass is 32.1. The zero-order valence-corrected chi connectivity index (χ0v) is 12.9. The van der Waals surface area contributed by atoms with Gasteiger partial charge in [0.25, 0.3) is 5.91 Å². The maximum Gasteiger partial charge on any atom is 0.263 e. The molecule has 4 nitrogen and oxygen atoms in total. The van der Waals surface area contributed by atoms with Crippen molar-refractivity contribution < 1.29 is 4.79 Å². The summed E-state index contributed by atoms with van der Waals surface area (Å²) in [5.41, 5.74) is 1.79. The number of nitrogens with one attached hydrogen (secondary N) is 2. The summed E-state index contributed by atoms with van der Waals surface area (Å²) in [5, 5.41) is 7.36. The monoisotopic (exact) mass is 301 g/mol. The lowest BCUT2D eigenvalue weighted by Crippen LogP contribution is -2.45. The summed E-state index contributed by atoms with van der Waals surface area (Å²) in [5.74, 6) is -0.00634.